The van der Waals surface area contributed by atoms with Gasteiger partial charge in [0, 0.05) is 5.92 Å². The summed E-state index contributed by atoms with van der Waals surface area (Å²) in [5, 5.41) is 4.31. The van der Waals surface area contributed by atoms with Crippen LogP contribution in [0.3, 0.4) is 0 Å². The normalized spacial score (nSPS) is 18.1. The summed E-state index contributed by atoms with van der Waals surface area (Å²) >= 11 is 0. The van der Waals surface area contributed by atoms with Crippen molar-refractivity contribution in [3.63, 3.8) is 0 Å². The first-order valence-corrected chi connectivity index (χ1v) is 14.5. The molecular weight excluding hydrogens is 507 g/mol. The molecular formula is C33H38BrP. The van der Waals surface area contributed by atoms with Gasteiger partial charge in [-0.15, -0.1) is 0 Å². The van der Waals surface area contributed by atoms with Gasteiger partial charge >= 0.3 is 0 Å². The Balaban J connectivity index is 0.00000342. The number of hydrogen-bond donors (Lipinski definition) is 0. The molecule has 0 N–H and O–H groups in total. The fraction of sp³-hybridized carbons (Fsp3) is 0.273. The highest BCUT2D eigenvalue weighted by Gasteiger charge is 2.44. The van der Waals surface area contributed by atoms with Crippen LogP contribution in [0.1, 0.15) is 40.5 Å². The summed E-state index contributed by atoms with van der Waals surface area (Å²) in [6.45, 7) is 9.38. The fourth-order valence-electron chi connectivity index (χ4n) is 5.39. The van der Waals surface area contributed by atoms with Gasteiger partial charge < -0.3 is 17.0 Å². The van der Waals surface area contributed by atoms with E-state index in [0.717, 1.165) is 6.16 Å². The Morgan fingerprint density at radius 1 is 0.829 bits per heavy atom. The van der Waals surface area contributed by atoms with Crippen LogP contribution in [0.4, 0.5) is 0 Å². The molecule has 0 spiro atoms. The molecule has 0 fully saturated rings. The zero-order valence-corrected chi connectivity index (χ0v) is 24.0. The Hall–Kier alpha value is -2.21. The second-order valence-electron chi connectivity index (χ2n) is 10.3. The molecule has 1 aliphatic carbocycles. The molecule has 2 heteroatoms. The van der Waals surface area contributed by atoms with E-state index in [2.05, 4.69) is 143 Å². The van der Waals surface area contributed by atoms with E-state index in [9.17, 15) is 0 Å². The predicted molar refractivity (Wildman–Crippen MR) is 153 cm³/mol. The van der Waals surface area contributed by atoms with Crippen LogP contribution in [0, 0.1) is 11.3 Å². The molecule has 4 rings (SSSR count). The van der Waals surface area contributed by atoms with Crippen molar-refractivity contribution in [2.24, 2.45) is 11.3 Å². The lowest BCUT2D eigenvalue weighted by molar-refractivity contribution is -0.00000747. The van der Waals surface area contributed by atoms with Gasteiger partial charge in [0.2, 0.25) is 0 Å². The molecule has 1 unspecified atom stereocenters. The maximum Gasteiger partial charge on any atom is 0.115 e. The molecule has 0 saturated carbocycles. The Morgan fingerprint density at radius 2 is 1.29 bits per heavy atom. The zero-order valence-electron chi connectivity index (χ0n) is 21.5. The third-order valence-corrected chi connectivity index (χ3v) is 11.7. The minimum Gasteiger partial charge on any atom is -1.00 e. The maximum absolute atomic E-state index is 2.48. The molecule has 0 amide bonds. The van der Waals surface area contributed by atoms with Crippen LogP contribution in [0.15, 0.2) is 126 Å². The van der Waals surface area contributed by atoms with Crippen LogP contribution in [0.5, 0.6) is 0 Å². The first kappa shape index (κ1) is 27.4. The Bertz CT molecular complexity index is 1060. The second kappa shape index (κ2) is 12.2. The van der Waals surface area contributed by atoms with E-state index in [-0.39, 0.29) is 17.0 Å². The lowest BCUT2D eigenvalue weighted by Crippen LogP contribution is -3.00. The van der Waals surface area contributed by atoms with Crippen molar-refractivity contribution in [3.8, 4) is 0 Å². The first-order chi connectivity index (χ1) is 16.4. The van der Waals surface area contributed by atoms with E-state index in [1.54, 1.807) is 0 Å². The van der Waals surface area contributed by atoms with Crippen molar-refractivity contribution in [1.29, 1.82) is 0 Å². The summed E-state index contributed by atoms with van der Waals surface area (Å²) in [6, 6.07) is 33.4. The van der Waals surface area contributed by atoms with Crippen LogP contribution < -0.4 is 32.9 Å². The van der Waals surface area contributed by atoms with Gasteiger partial charge in [-0.25, -0.2) is 0 Å². The van der Waals surface area contributed by atoms with Gasteiger partial charge in [0.05, 0.1) is 6.16 Å². The molecule has 3 aromatic carbocycles. The van der Waals surface area contributed by atoms with Gasteiger partial charge in [-0.1, -0.05) is 97.8 Å². The highest BCUT2D eigenvalue weighted by atomic mass is 79.9. The monoisotopic (exact) mass is 544 g/mol. The molecule has 0 heterocycles. The molecule has 35 heavy (non-hydrogen) atoms. The van der Waals surface area contributed by atoms with Gasteiger partial charge in [-0.3, -0.25) is 0 Å². The third kappa shape index (κ3) is 6.14. The summed E-state index contributed by atoms with van der Waals surface area (Å²) in [4.78, 5) is 0. The number of hydrogen-bond acceptors (Lipinski definition) is 0. The maximum atomic E-state index is 2.48. The number of halogens is 1. The molecule has 0 radical (unpaired) electrons. The van der Waals surface area contributed by atoms with Gasteiger partial charge in [-0.05, 0) is 74.6 Å². The SMILES string of the molecule is CC1=CCCC(C)(C)C1/C=C/C(C)=C/C[P+](c1ccccc1)(c1ccccc1)c1ccccc1.[Br-]. The highest BCUT2D eigenvalue weighted by Crippen LogP contribution is 2.55. The highest BCUT2D eigenvalue weighted by molar-refractivity contribution is 7.95. The van der Waals surface area contributed by atoms with E-state index in [4.69, 9.17) is 0 Å². The van der Waals surface area contributed by atoms with Gasteiger partial charge in [-0.2, -0.15) is 0 Å². The quantitative estimate of drug-likeness (QED) is 0.226. The Labute approximate surface area is 224 Å². The average molecular weight is 546 g/mol. The van der Waals surface area contributed by atoms with E-state index < -0.39 is 7.26 Å². The molecule has 1 atom stereocenters. The van der Waals surface area contributed by atoms with Crippen LogP contribution in [-0.4, -0.2) is 6.16 Å². The molecule has 3 aromatic rings. The minimum absolute atomic E-state index is 0. The molecule has 0 nitrogen and oxygen atoms in total. The molecule has 0 bridgehead atoms. The molecule has 1 aliphatic rings. The van der Waals surface area contributed by atoms with Crippen molar-refractivity contribution < 1.29 is 17.0 Å². The molecule has 0 aliphatic heterocycles. The summed E-state index contributed by atoms with van der Waals surface area (Å²) in [7, 11) is -1.82. The van der Waals surface area contributed by atoms with Crippen molar-refractivity contribution in [3.05, 3.63) is 126 Å². The van der Waals surface area contributed by atoms with E-state index in [1.807, 2.05) is 0 Å². The number of benzene rings is 3. The lowest BCUT2D eigenvalue weighted by Gasteiger charge is -2.36. The van der Waals surface area contributed by atoms with Crippen LogP contribution in [0.2, 0.25) is 0 Å². The Kier molecular flexibility index (Phi) is 9.51. The van der Waals surface area contributed by atoms with E-state index in [1.165, 1.54) is 39.9 Å². The lowest BCUT2D eigenvalue weighted by atomic mass is 9.68. The van der Waals surface area contributed by atoms with Crippen LogP contribution >= 0.6 is 7.26 Å². The average Bonchev–Trinajstić information content (AvgIpc) is 2.86. The summed E-state index contributed by atoms with van der Waals surface area (Å²) < 4.78 is 0. The molecule has 0 aromatic heterocycles. The zero-order chi connectivity index (χ0) is 24.0. The Morgan fingerprint density at radius 3 is 1.71 bits per heavy atom. The standard InChI is InChI=1S/C33H38P.BrH/c1-27(22-23-32-28(2)15-14-25-33(32,3)4)24-26-34(29-16-8-5-9-17-29,30-18-10-6-11-19-30)31-20-12-7-13-21-31;/h5-13,15-24,32H,14,25-26H2,1-4H3;1H/q+1;/p-1/b23-22+,27-24+;. The van der Waals surface area contributed by atoms with Crippen molar-refractivity contribution in [1.82, 2.24) is 0 Å². The largest absolute Gasteiger partial charge is 1.00 e. The first-order valence-electron chi connectivity index (χ1n) is 12.5. The number of allylic oxidation sites excluding steroid dienone is 6. The van der Waals surface area contributed by atoms with E-state index >= 15 is 0 Å². The van der Waals surface area contributed by atoms with Crippen molar-refractivity contribution in [2.45, 2.75) is 40.5 Å². The summed E-state index contributed by atoms with van der Waals surface area (Å²) in [5.74, 6) is 0.515. The van der Waals surface area contributed by atoms with E-state index in [0.29, 0.717) is 11.3 Å². The third-order valence-electron chi connectivity index (χ3n) is 7.42. The van der Waals surface area contributed by atoms with Gasteiger partial charge in [0.15, 0.2) is 0 Å². The summed E-state index contributed by atoms with van der Waals surface area (Å²) in [6.07, 6.45) is 13.2. The smallest absolute Gasteiger partial charge is 0.115 e. The topological polar surface area (TPSA) is 0 Å². The molecule has 0 saturated heterocycles. The van der Waals surface area contributed by atoms with Crippen LogP contribution in [-0.2, 0) is 0 Å². The summed E-state index contributed by atoms with van der Waals surface area (Å²) in [5.41, 5.74) is 3.19. The molecule has 182 valence electrons. The number of rotatable bonds is 7. The minimum atomic E-state index is -1.82. The van der Waals surface area contributed by atoms with Crippen molar-refractivity contribution in [2.75, 3.05) is 6.16 Å². The predicted octanol–water partition coefficient (Wildman–Crippen LogP) is 4.87. The van der Waals surface area contributed by atoms with Gasteiger partial charge in [0.25, 0.3) is 0 Å². The van der Waals surface area contributed by atoms with Gasteiger partial charge in [0.1, 0.15) is 23.2 Å². The van der Waals surface area contributed by atoms with Crippen LogP contribution in [0.25, 0.3) is 0 Å². The fourth-order valence-corrected chi connectivity index (χ4v) is 9.52. The van der Waals surface area contributed by atoms with Crippen molar-refractivity contribution >= 4 is 23.2 Å². The second-order valence-corrected chi connectivity index (χ2v) is 13.8.